The van der Waals surface area contributed by atoms with Crippen LogP contribution in [0.3, 0.4) is 0 Å². The van der Waals surface area contributed by atoms with Crippen molar-refractivity contribution >= 4 is 10.0 Å². The molecular formula is C14H20F3NO4S. The second kappa shape index (κ2) is 8.51. The maximum Gasteiger partial charge on any atom is 0.573 e. The molecule has 0 unspecified atom stereocenters. The van der Waals surface area contributed by atoms with Gasteiger partial charge in [0.05, 0.1) is 5.75 Å². The van der Waals surface area contributed by atoms with Crippen LogP contribution in [-0.4, -0.2) is 45.6 Å². The number of hydrogen-bond donors (Lipinski definition) is 0. The molecule has 1 rings (SSSR count). The molecule has 1 aromatic carbocycles. The van der Waals surface area contributed by atoms with Crippen LogP contribution in [0.2, 0.25) is 0 Å². The van der Waals surface area contributed by atoms with Gasteiger partial charge in [0.15, 0.2) is 0 Å². The van der Waals surface area contributed by atoms with E-state index in [-0.39, 0.29) is 17.9 Å². The zero-order chi connectivity index (χ0) is 17.5. The third-order valence-corrected chi connectivity index (χ3v) is 4.95. The van der Waals surface area contributed by atoms with E-state index in [4.69, 9.17) is 4.74 Å². The maximum atomic E-state index is 12.4. The minimum absolute atomic E-state index is 0.0881. The summed E-state index contributed by atoms with van der Waals surface area (Å²) in [5, 5.41) is 0. The summed E-state index contributed by atoms with van der Waals surface area (Å²) < 4.78 is 71.1. The van der Waals surface area contributed by atoms with Crippen LogP contribution >= 0.6 is 0 Å². The molecule has 0 aliphatic carbocycles. The third-order valence-electron chi connectivity index (χ3n) is 3.07. The van der Waals surface area contributed by atoms with Crippen LogP contribution in [0.15, 0.2) is 24.3 Å². The molecule has 23 heavy (non-hydrogen) atoms. The van der Waals surface area contributed by atoms with Gasteiger partial charge in [0, 0.05) is 32.9 Å². The van der Waals surface area contributed by atoms with Gasteiger partial charge in [-0.1, -0.05) is 18.2 Å². The lowest BCUT2D eigenvalue weighted by Crippen LogP contribution is -2.29. The van der Waals surface area contributed by atoms with Crippen LogP contribution in [0.25, 0.3) is 0 Å². The standard InChI is InChI=1S/C14H20F3NO4S/c1-18(23(19,20)10-6-5-9-21-2)11-12-7-3-4-8-13(12)22-14(15,16)17/h3-4,7-8H,5-6,9-11H2,1-2H3. The predicted molar refractivity (Wildman–Crippen MR) is 79.5 cm³/mol. The summed E-state index contributed by atoms with van der Waals surface area (Å²) in [7, 11) is -0.703. The van der Waals surface area contributed by atoms with Crippen molar-refractivity contribution in [1.29, 1.82) is 0 Å². The summed E-state index contributed by atoms with van der Waals surface area (Å²) in [6, 6.07) is 5.47. The van der Waals surface area contributed by atoms with Crippen LogP contribution in [-0.2, 0) is 21.3 Å². The molecule has 0 saturated heterocycles. The van der Waals surface area contributed by atoms with Gasteiger partial charge >= 0.3 is 6.36 Å². The molecule has 0 aromatic heterocycles. The van der Waals surface area contributed by atoms with Gasteiger partial charge in [-0.15, -0.1) is 13.2 Å². The van der Waals surface area contributed by atoms with E-state index >= 15 is 0 Å². The molecule has 0 radical (unpaired) electrons. The normalized spacial score (nSPS) is 12.6. The highest BCUT2D eigenvalue weighted by atomic mass is 32.2. The Morgan fingerprint density at radius 1 is 1.17 bits per heavy atom. The molecule has 0 amide bonds. The highest BCUT2D eigenvalue weighted by Crippen LogP contribution is 2.27. The summed E-state index contributed by atoms with van der Waals surface area (Å²) in [5.41, 5.74) is 0.146. The van der Waals surface area contributed by atoms with E-state index in [0.29, 0.717) is 19.4 Å². The minimum Gasteiger partial charge on any atom is -0.405 e. The highest BCUT2D eigenvalue weighted by molar-refractivity contribution is 7.89. The molecule has 0 heterocycles. The average molecular weight is 355 g/mol. The number of halogens is 3. The van der Waals surface area contributed by atoms with Crippen LogP contribution < -0.4 is 4.74 Å². The predicted octanol–water partition coefficient (Wildman–Crippen LogP) is 2.77. The highest BCUT2D eigenvalue weighted by Gasteiger charge is 2.32. The van der Waals surface area contributed by atoms with Gasteiger partial charge in [-0.05, 0) is 18.9 Å². The van der Waals surface area contributed by atoms with E-state index in [9.17, 15) is 21.6 Å². The molecule has 0 atom stereocenters. The van der Waals surface area contributed by atoms with Crippen molar-refractivity contribution in [2.75, 3.05) is 26.5 Å². The van der Waals surface area contributed by atoms with Gasteiger partial charge < -0.3 is 9.47 Å². The lowest BCUT2D eigenvalue weighted by Gasteiger charge is -2.19. The quantitative estimate of drug-likeness (QED) is 0.639. The maximum absolute atomic E-state index is 12.4. The van der Waals surface area contributed by atoms with E-state index in [2.05, 4.69) is 4.74 Å². The Hall–Kier alpha value is -1.32. The number of sulfonamides is 1. The summed E-state index contributed by atoms with van der Waals surface area (Å²) in [6.45, 7) is 0.264. The first-order valence-electron chi connectivity index (χ1n) is 6.92. The Morgan fingerprint density at radius 3 is 2.43 bits per heavy atom. The average Bonchev–Trinajstić information content (AvgIpc) is 2.44. The van der Waals surface area contributed by atoms with Crippen molar-refractivity contribution in [2.24, 2.45) is 0 Å². The molecule has 0 aliphatic heterocycles. The molecule has 132 valence electrons. The zero-order valence-electron chi connectivity index (χ0n) is 13.0. The number of rotatable bonds is 9. The van der Waals surface area contributed by atoms with Gasteiger partial charge in [-0.25, -0.2) is 12.7 Å². The Morgan fingerprint density at radius 2 is 1.83 bits per heavy atom. The van der Waals surface area contributed by atoms with Gasteiger partial charge in [0.2, 0.25) is 10.0 Å². The Balaban J connectivity index is 2.75. The summed E-state index contributed by atoms with van der Waals surface area (Å²) in [5.74, 6) is -0.490. The Bertz CT molecular complexity index is 590. The number of hydrogen-bond acceptors (Lipinski definition) is 4. The first kappa shape index (κ1) is 19.7. The molecule has 0 spiro atoms. The van der Waals surface area contributed by atoms with Crippen LogP contribution in [0, 0.1) is 0 Å². The Kier molecular flexibility index (Phi) is 7.30. The fourth-order valence-electron chi connectivity index (χ4n) is 1.88. The van der Waals surface area contributed by atoms with Gasteiger partial charge in [-0.2, -0.15) is 0 Å². The van der Waals surface area contributed by atoms with E-state index in [1.165, 1.54) is 32.4 Å². The van der Waals surface area contributed by atoms with Crippen LogP contribution in [0.5, 0.6) is 5.75 Å². The Labute approximate surface area is 134 Å². The fourth-order valence-corrected chi connectivity index (χ4v) is 3.10. The van der Waals surface area contributed by atoms with Gasteiger partial charge in [-0.3, -0.25) is 0 Å². The third kappa shape index (κ3) is 7.19. The van der Waals surface area contributed by atoms with Crippen LogP contribution in [0.4, 0.5) is 13.2 Å². The summed E-state index contributed by atoms with van der Waals surface area (Å²) >= 11 is 0. The van der Waals surface area contributed by atoms with Crippen LogP contribution in [0.1, 0.15) is 18.4 Å². The summed E-state index contributed by atoms with van der Waals surface area (Å²) in [6.07, 6.45) is -3.81. The number of unbranched alkanes of at least 4 members (excludes halogenated alkanes) is 1. The van der Waals surface area contributed by atoms with Crippen molar-refractivity contribution in [3.8, 4) is 5.75 Å². The molecule has 0 bridgehead atoms. The number of para-hydroxylation sites is 1. The lowest BCUT2D eigenvalue weighted by atomic mass is 10.2. The van der Waals surface area contributed by atoms with Crippen molar-refractivity contribution in [3.63, 3.8) is 0 Å². The van der Waals surface area contributed by atoms with E-state index < -0.39 is 22.1 Å². The van der Waals surface area contributed by atoms with E-state index in [1.54, 1.807) is 0 Å². The molecular weight excluding hydrogens is 335 g/mol. The zero-order valence-corrected chi connectivity index (χ0v) is 13.8. The molecule has 5 nitrogen and oxygen atoms in total. The number of methoxy groups -OCH3 is 1. The summed E-state index contributed by atoms with van der Waals surface area (Å²) in [4.78, 5) is 0. The SMILES string of the molecule is COCCCCS(=O)(=O)N(C)Cc1ccccc1OC(F)(F)F. The van der Waals surface area contributed by atoms with E-state index in [1.807, 2.05) is 0 Å². The first-order valence-corrected chi connectivity index (χ1v) is 8.53. The van der Waals surface area contributed by atoms with Crippen molar-refractivity contribution in [2.45, 2.75) is 25.7 Å². The molecule has 0 fully saturated rings. The smallest absolute Gasteiger partial charge is 0.405 e. The number of benzene rings is 1. The number of alkyl halides is 3. The molecule has 0 aliphatic rings. The fraction of sp³-hybridized carbons (Fsp3) is 0.571. The number of nitrogens with zero attached hydrogens (tertiary/aromatic N) is 1. The van der Waals surface area contributed by atoms with Crippen molar-refractivity contribution in [1.82, 2.24) is 4.31 Å². The van der Waals surface area contributed by atoms with Gasteiger partial charge in [0.25, 0.3) is 0 Å². The molecule has 1 aromatic rings. The van der Waals surface area contributed by atoms with Gasteiger partial charge in [0.1, 0.15) is 5.75 Å². The lowest BCUT2D eigenvalue weighted by molar-refractivity contribution is -0.274. The first-order chi connectivity index (χ1) is 10.7. The van der Waals surface area contributed by atoms with Crippen molar-refractivity contribution in [3.05, 3.63) is 29.8 Å². The second-order valence-corrected chi connectivity index (χ2v) is 7.12. The second-order valence-electron chi connectivity index (χ2n) is 4.93. The van der Waals surface area contributed by atoms with E-state index in [0.717, 1.165) is 10.4 Å². The number of ether oxygens (including phenoxy) is 2. The topological polar surface area (TPSA) is 55.8 Å². The molecule has 0 saturated carbocycles. The minimum atomic E-state index is -4.83. The monoisotopic (exact) mass is 355 g/mol. The molecule has 0 N–H and O–H groups in total. The van der Waals surface area contributed by atoms with Crippen molar-refractivity contribution < 1.29 is 31.1 Å². The largest absolute Gasteiger partial charge is 0.573 e. The molecule has 9 heteroatoms.